The molecule has 4 nitrogen and oxygen atoms in total. The summed E-state index contributed by atoms with van der Waals surface area (Å²) in [6, 6.07) is 13.4. The Labute approximate surface area is 130 Å². The van der Waals surface area contributed by atoms with E-state index in [9.17, 15) is 4.79 Å². The highest BCUT2D eigenvalue weighted by Crippen LogP contribution is 2.28. The molecule has 2 aromatic rings. The number of carbonyl (C=O) groups excluding carboxylic acids is 1. The van der Waals surface area contributed by atoms with E-state index < -0.39 is 5.91 Å². The van der Waals surface area contributed by atoms with Crippen molar-refractivity contribution in [1.82, 2.24) is 0 Å². The van der Waals surface area contributed by atoms with Gasteiger partial charge in [0, 0.05) is 5.56 Å². The fourth-order valence-corrected chi connectivity index (χ4v) is 2.37. The zero-order valence-corrected chi connectivity index (χ0v) is 13.0. The highest BCUT2D eigenvalue weighted by Gasteiger charge is 2.05. The zero-order valence-electron chi connectivity index (χ0n) is 13.0. The van der Waals surface area contributed by atoms with Gasteiger partial charge in [-0.25, -0.2) is 0 Å². The molecule has 0 unspecified atom stereocenters. The maximum Gasteiger partial charge on any atom is 0.248 e. The van der Waals surface area contributed by atoms with E-state index in [4.69, 9.17) is 15.2 Å². The number of benzene rings is 2. The molecule has 1 amide bonds. The van der Waals surface area contributed by atoms with Crippen molar-refractivity contribution in [3.8, 4) is 11.5 Å². The fraction of sp³-hybridized carbons (Fsp3) is 0.278. The van der Waals surface area contributed by atoms with Gasteiger partial charge in [0.15, 0.2) is 11.5 Å². The van der Waals surface area contributed by atoms with Gasteiger partial charge in [-0.15, -0.1) is 0 Å². The maximum atomic E-state index is 11.0. The lowest BCUT2D eigenvalue weighted by atomic mass is 10.0. The van der Waals surface area contributed by atoms with E-state index in [1.165, 1.54) is 11.1 Å². The Morgan fingerprint density at radius 2 is 1.50 bits per heavy atom. The van der Waals surface area contributed by atoms with Crippen molar-refractivity contribution in [1.29, 1.82) is 0 Å². The van der Waals surface area contributed by atoms with Crippen LogP contribution in [0.2, 0.25) is 0 Å². The second-order valence-corrected chi connectivity index (χ2v) is 5.10. The lowest BCUT2D eigenvalue weighted by Gasteiger charge is -2.09. The van der Waals surface area contributed by atoms with Gasteiger partial charge in [0.1, 0.15) is 0 Å². The third kappa shape index (κ3) is 4.01. The van der Waals surface area contributed by atoms with Crippen LogP contribution in [0.1, 0.15) is 27.9 Å². The Kier molecular flexibility index (Phi) is 5.42. The summed E-state index contributed by atoms with van der Waals surface area (Å²) in [4.78, 5) is 11.0. The number of hydrogen-bond donors (Lipinski definition) is 1. The molecule has 0 bridgehead atoms. The zero-order chi connectivity index (χ0) is 15.9. The summed E-state index contributed by atoms with van der Waals surface area (Å²) in [5.74, 6) is 1.11. The van der Waals surface area contributed by atoms with E-state index in [0.717, 1.165) is 30.8 Å². The lowest BCUT2D eigenvalue weighted by molar-refractivity contribution is 0.100. The molecule has 116 valence electrons. The number of rotatable bonds is 7. The summed E-state index contributed by atoms with van der Waals surface area (Å²) in [5.41, 5.74) is 8.19. The average molecular weight is 299 g/mol. The van der Waals surface area contributed by atoms with Crippen molar-refractivity contribution in [2.45, 2.75) is 19.3 Å². The summed E-state index contributed by atoms with van der Waals surface area (Å²) in [6.07, 6.45) is 2.93. The molecule has 2 aromatic carbocycles. The van der Waals surface area contributed by atoms with Gasteiger partial charge in [0.05, 0.1) is 14.2 Å². The van der Waals surface area contributed by atoms with Crippen molar-refractivity contribution in [3.63, 3.8) is 0 Å². The molecule has 0 aliphatic rings. The molecule has 0 radical (unpaired) electrons. The number of aryl methyl sites for hydroxylation is 2. The van der Waals surface area contributed by atoms with Crippen LogP contribution in [0.25, 0.3) is 0 Å². The van der Waals surface area contributed by atoms with Crippen LogP contribution in [0, 0.1) is 0 Å². The van der Waals surface area contributed by atoms with E-state index >= 15 is 0 Å². The maximum absolute atomic E-state index is 11.0. The van der Waals surface area contributed by atoms with Crippen LogP contribution in [-0.2, 0) is 12.8 Å². The van der Waals surface area contributed by atoms with Gasteiger partial charge in [0.2, 0.25) is 5.91 Å². The van der Waals surface area contributed by atoms with Crippen LogP contribution in [0.15, 0.2) is 42.5 Å². The summed E-state index contributed by atoms with van der Waals surface area (Å²) in [5, 5.41) is 0. The van der Waals surface area contributed by atoms with Crippen molar-refractivity contribution >= 4 is 5.91 Å². The van der Waals surface area contributed by atoms with E-state index in [1.54, 1.807) is 26.4 Å². The molecule has 0 aliphatic carbocycles. The molecule has 4 heteroatoms. The normalized spacial score (nSPS) is 10.3. The Hall–Kier alpha value is -2.49. The minimum Gasteiger partial charge on any atom is -0.493 e. The van der Waals surface area contributed by atoms with Crippen molar-refractivity contribution in [2.24, 2.45) is 5.73 Å². The van der Waals surface area contributed by atoms with Gasteiger partial charge >= 0.3 is 0 Å². The Balaban J connectivity index is 1.92. The molecule has 0 heterocycles. The van der Waals surface area contributed by atoms with Gasteiger partial charge in [-0.2, -0.15) is 0 Å². The average Bonchev–Trinajstić information content (AvgIpc) is 2.55. The van der Waals surface area contributed by atoms with Gasteiger partial charge in [-0.05, 0) is 54.7 Å². The smallest absolute Gasteiger partial charge is 0.248 e. The number of ether oxygens (including phenoxy) is 2. The number of amides is 1. The molecule has 22 heavy (non-hydrogen) atoms. The number of hydrogen-bond acceptors (Lipinski definition) is 3. The van der Waals surface area contributed by atoms with Gasteiger partial charge in [-0.3, -0.25) is 4.79 Å². The first-order valence-electron chi connectivity index (χ1n) is 7.23. The minimum atomic E-state index is -0.392. The Morgan fingerprint density at radius 3 is 2.09 bits per heavy atom. The van der Waals surface area contributed by atoms with Crippen LogP contribution in [-0.4, -0.2) is 20.1 Å². The molecular weight excluding hydrogens is 278 g/mol. The van der Waals surface area contributed by atoms with Crippen LogP contribution >= 0.6 is 0 Å². The standard InChI is InChI=1S/C18H21NO3/c1-21-16-11-8-14(12-17(16)22-2)5-3-4-13-6-9-15(10-7-13)18(19)20/h6-12H,3-5H2,1-2H3,(H2,19,20). The van der Waals surface area contributed by atoms with E-state index in [1.807, 2.05) is 24.3 Å². The number of primary amides is 1. The summed E-state index contributed by atoms with van der Waals surface area (Å²) >= 11 is 0. The first kappa shape index (κ1) is 15.9. The molecule has 0 aliphatic heterocycles. The number of methoxy groups -OCH3 is 2. The first-order chi connectivity index (χ1) is 10.6. The molecule has 0 fully saturated rings. The first-order valence-corrected chi connectivity index (χ1v) is 7.23. The Bertz CT molecular complexity index is 635. The molecule has 0 aromatic heterocycles. The molecule has 0 atom stereocenters. The quantitative estimate of drug-likeness (QED) is 0.855. The largest absolute Gasteiger partial charge is 0.493 e. The molecular formula is C18H21NO3. The molecule has 2 N–H and O–H groups in total. The topological polar surface area (TPSA) is 61.5 Å². The lowest BCUT2D eigenvalue weighted by Crippen LogP contribution is -2.10. The molecule has 2 rings (SSSR count). The van der Waals surface area contributed by atoms with E-state index in [2.05, 4.69) is 6.07 Å². The van der Waals surface area contributed by atoms with Crippen LogP contribution in [0.4, 0.5) is 0 Å². The third-order valence-corrected chi connectivity index (χ3v) is 3.62. The monoisotopic (exact) mass is 299 g/mol. The molecule has 0 saturated carbocycles. The van der Waals surface area contributed by atoms with Gasteiger partial charge < -0.3 is 15.2 Å². The third-order valence-electron chi connectivity index (χ3n) is 3.62. The predicted octanol–water partition coefficient (Wildman–Crippen LogP) is 2.98. The fourth-order valence-electron chi connectivity index (χ4n) is 2.37. The highest BCUT2D eigenvalue weighted by molar-refractivity contribution is 5.92. The van der Waals surface area contributed by atoms with E-state index in [-0.39, 0.29) is 0 Å². The van der Waals surface area contributed by atoms with Gasteiger partial charge in [-0.1, -0.05) is 18.2 Å². The van der Waals surface area contributed by atoms with E-state index in [0.29, 0.717) is 5.56 Å². The number of nitrogens with two attached hydrogens (primary N) is 1. The second kappa shape index (κ2) is 7.50. The highest BCUT2D eigenvalue weighted by atomic mass is 16.5. The van der Waals surface area contributed by atoms with Crippen molar-refractivity contribution in [3.05, 3.63) is 59.2 Å². The minimum absolute atomic E-state index is 0.392. The molecule has 0 spiro atoms. The van der Waals surface area contributed by atoms with Crippen LogP contribution in [0.3, 0.4) is 0 Å². The SMILES string of the molecule is COc1ccc(CCCc2ccc(C(N)=O)cc2)cc1OC. The predicted molar refractivity (Wildman–Crippen MR) is 86.5 cm³/mol. The summed E-state index contributed by atoms with van der Waals surface area (Å²) < 4.78 is 10.5. The summed E-state index contributed by atoms with van der Waals surface area (Å²) in [7, 11) is 3.27. The van der Waals surface area contributed by atoms with Crippen LogP contribution in [0.5, 0.6) is 11.5 Å². The van der Waals surface area contributed by atoms with Crippen molar-refractivity contribution in [2.75, 3.05) is 14.2 Å². The summed E-state index contributed by atoms with van der Waals surface area (Å²) in [6.45, 7) is 0. The second-order valence-electron chi connectivity index (χ2n) is 5.10. The molecule has 0 saturated heterocycles. The number of carbonyl (C=O) groups is 1. The van der Waals surface area contributed by atoms with Crippen molar-refractivity contribution < 1.29 is 14.3 Å². The van der Waals surface area contributed by atoms with Crippen LogP contribution < -0.4 is 15.2 Å². The van der Waals surface area contributed by atoms with Gasteiger partial charge in [0.25, 0.3) is 0 Å². The Morgan fingerprint density at radius 1 is 0.909 bits per heavy atom.